The first-order valence-corrected chi connectivity index (χ1v) is 6.47. The van der Waals surface area contributed by atoms with Crippen molar-refractivity contribution in [2.24, 2.45) is 0 Å². The molecule has 1 N–H and O–H groups in total. The lowest BCUT2D eigenvalue weighted by Gasteiger charge is -2.14. The van der Waals surface area contributed by atoms with Crippen molar-refractivity contribution in [3.63, 3.8) is 0 Å². The van der Waals surface area contributed by atoms with Crippen molar-refractivity contribution in [2.75, 3.05) is 0 Å². The molecule has 0 bridgehead atoms. The van der Waals surface area contributed by atoms with Gasteiger partial charge in [0.05, 0.1) is 11.8 Å². The highest BCUT2D eigenvalue weighted by Gasteiger charge is 2.22. The molecular weight excluding hydrogens is 237 g/mol. The second kappa shape index (κ2) is 4.20. The predicted octanol–water partition coefficient (Wildman–Crippen LogP) is 2.80. The van der Waals surface area contributed by atoms with Gasteiger partial charge in [0.1, 0.15) is 10.8 Å². The van der Waals surface area contributed by atoms with Crippen molar-refractivity contribution in [1.29, 1.82) is 0 Å². The molecule has 0 spiro atoms. The smallest absolute Gasteiger partial charge is 0.133 e. The van der Waals surface area contributed by atoms with Crippen LogP contribution >= 0.6 is 11.3 Å². The van der Waals surface area contributed by atoms with Crippen molar-refractivity contribution < 1.29 is 9.50 Å². The van der Waals surface area contributed by atoms with Crippen molar-refractivity contribution in [1.82, 2.24) is 4.98 Å². The van der Waals surface area contributed by atoms with Gasteiger partial charge in [0.25, 0.3) is 0 Å². The lowest BCUT2D eigenvalue weighted by molar-refractivity contribution is 0.159. The molecule has 1 heterocycles. The number of halogens is 1. The molecule has 1 atom stereocenters. The largest absolute Gasteiger partial charge is 0.393 e. The molecular formula is C13H12FNOS. The molecule has 17 heavy (non-hydrogen) atoms. The van der Waals surface area contributed by atoms with Crippen molar-refractivity contribution in [3.8, 4) is 10.6 Å². The van der Waals surface area contributed by atoms with Gasteiger partial charge >= 0.3 is 0 Å². The van der Waals surface area contributed by atoms with E-state index in [1.54, 1.807) is 12.1 Å². The normalized spacial score (nSPS) is 19.1. The van der Waals surface area contributed by atoms with Crippen molar-refractivity contribution in [3.05, 3.63) is 40.7 Å². The fourth-order valence-electron chi connectivity index (χ4n) is 2.11. The highest BCUT2D eigenvalue weighted by atomic mass is 32.1. The molecule has 1 aromatic heterocycles. The molecule has 0 fully saturated rings. The number of aliphatic hydroxyl groups excluding tert-OH is 1. The SMILES string of the molecule is OC1CCc2nc(-c3ccccc3F)sc2C1. The summed E-state index contributed by atoms with van der Waals surface area (Å²) in [5.74, 6) is -0.237. The van der Waals surface area contributed by atoms with E-state index in [0.717, 1.165) is 28.4 Å². The zero-order valence-corrected chi connectivity index (χ0v) is 10.0. The molecule has 1 aliphatic carbocycles. The van der Waals surface area contributed by atoms with Crippen molar-refractivity contribution >= 4 is 11.3 Å². The van der Waals surface area contributed by atoms with E-state index in [1.165, 1.54) is 17.4 Å². The molecule has 1 unspecified atom stereocenters. The minimum Gasteiger partial charge on any atom is -0.393 e. The summed E-state index contributed by atoms with van der Waals surface area (Å²) in [5.41, 5.74) is 1.58. The number of aryl methyl sites for hydroxylation is 1. The fraction of sp³-hybridized carbons (Fsp3) is 0.308. The van der Waals surface area contributed by atoms with E-state index in [-0.39, 0.29) is 11.9 Å². The summed E-state index contributed by atoms with van der Waals surface area (Å²) < 4.78 is 13.6. The van der Waals surface area contributed by atoms with Gasteiger partial charge in [-0.1, -0.05) is 12.1 Å². The Balaban J connectivity index is 2.03. The van der Waals surface area contributed by atoms with Crippen LogP contribution in [-0.2, 0) is 12.8 Å². The fourth-order valence-corrected chi connectivity index (χ4v) is 3.31. The first-order valence-electron chi connectivity index (χ1n) is 5.65. The van der Waals surface area contributed by atoms with E-state index in [1.807, 2.05) is 6.07 Å². The average Bonchev–Trinajstić information content (AvgIpc) is 2.72. The zero-order chi connectivity index (χ0) is 11.8. The van der Waals surface area contributed by atoms with Crippen LogP contribution in [0.25, 0.3) is 10.6 Å². The van der Waals surface area contributed by atoms with Gasteiger partial charge in [-0.3, -0.25) is 0 Å². The van der Waals surface area contributed by atoms with Crippen LogP contribution in [0.4, 0.5) is 4.39 Å². The zero-order valence-electron chi connectivity index (χ0n) is 9.19. The number of benzene rings is 1. The summed E-state index contributed by atoms with van der Waals surface area (Å²) in [4.78, 5) is 5.58. The third-order valence-corrected chi connectivity index (χ3v) is 4.17. The number of rotatable bonds is 1. The van der Waals surface area contributed by atoms with Crippen LogP contribution < -0.4 is 0 Å². The molecule has 3 rings (SSSR count). The van der Waals surface area contributed by atoms with Crippen LogP contribution in [-0.4, -0.2) is 16.2 Å². The van der Waals surface area contributed by atoms with Crippen LogP contribution in [0.5, 0.6) is 0 Å². The number of fused-ring (bicyclic) bond motifs is 1. The Morgan fingerprint density at radius 2 is 2.18 bits per heavy atom. The van der Waals surface area contributed by atoms with Crippen LogP contribution in [0.15, 0.2) is 24.3 Å². The van der Waals surface area contributed by atoms with Gasteiger partial charge < -0.3 is 5.11 Å². The highest BCUT2D eigenvalue weighted by molar-refractivity contribution is 7.15. The monoisotopic (exact) mass is 249 g/mol. The van der Waals surface area contributed by atoms with Gasteiger partial charge in [-0.2, -0.15) is 0 Å². The minimum atomic E-state index is -0.267. The lowest BCUT2D eigenvalue weighted by Crippen LogP contribution is -2.17. The summed E-state index contributed by atoms with van der Waals surface area (Å²) in [6.07, 6.45) is 1.94. The number of hydrogen-bond acceptors (Lipinski definition) is 3. The summed E-state index contributed by atoms with van der Waals surface area (Å²) in [5, 5.41) is 10.3. The molecule has 0 radical (unpaired) electrons. The Kier molecular flexibility index (Phi) is 2.68. The molecule has 88 valence electrons. The van der Waals surface area contributed by atoms with Gasteiger partial charge in [-0.05, 0) is 25.0 Å². The van der Waals surface area contributed by atoms with E-state index in [4.69, 9.17) is 0 Å². The summed E-state index contributed by atoms with van der Waals surface area (Å²) >= 11 is 1.50. The number of aromatic nitrogens is 1. The highest BCUT2D eigenvalue weighted by Crippen LogP contribution is 2.33. The number of hydrogen-bond donors (Lipinski definition) is 1. The summed E-state index contributed by atoms with van der Waals surface area (Å²) in [6.45, 7) is 0. The molecule has 4 heteroatoms. The third kappa shape index (κ3) is 1.98. The maximum Gasteiger partial charge on any atom is 0.133 e. The van der Waals surface area contributed by atoms with Crippen molar-refractivity contribution in [2.45, 2.75) is 25.4 Å². The summed E-state index contributed by atoms with van der Waals surface area (Å²) in [6, 6.07) is 6.68. The number of nitrogens with zero attached hydrogens (tertiary/aromatic N) is 1. The number of aliphatic hydroxyl groups is 1. The Labute approximate surface area is 103 Å². The van der Waals surface area contributed by atoms with Crippen LogP contribution in [0.2, 0.25) is 0 Å². The van der Waals surface area contributed by atoms with Crippen LogP contribution in [0.1, 0.15) is 17.0 Å². The Morgan fingerprint density at radius 3 is 3.00 bits per heavy atom. The molecule has 0 saturated carbocycles. The van der Waals surface area contributed by atoms with E-state index < -0.39 is 0 Å². The van der Waals surface area contributed by atoms with E-state index in [9.17, 15) is 9.50 Å². The lowest BCUT2D eigenvalue weighted by atomic mass is 10.0. The minimum absolute atomic E-state index is 0.237. The average molecular weight is 249 g/mol. The summed E-state index contributed by atoms with van der Waals surface area (Å²) in [7, 11) is 0. The molecule has 0 aliphatic heterocycles. The molecule has 1 aliphatic rings. The molecule has 1 aromatic carbocycles. The van der Waals surface area contributed by atoms with Gasteiger partial charge in [-0.25, -0.2) is 9.37 Å². The Bertz CT molecular complexity index is 552. The third-order valence-electron chi connectivity index (χ3n) is 3.02. The second-order valence-corrected chi connectivity index (χ2v) is 5.35. The maximum absolute atomic E-state index is 13.6. The molecule has 0 amide bonds. The van der Waals surface area contributed by atoms with Gasteiger partial charge in [0, 0.05) is 16.9 Å². The standard InChI is InChI=1S/C13H12FNOS/c14-10-4-2-1-3-9(10)13-15-11-6-5-8(16)7-12(11)17-13/h1-4,8,16H,5-7H2. The second-order valence-electron chi connectivity index (χ2n) is 4.27. The topological polar surface area (TPSA) is 33.1 Å². The van der Waals surface area contributed by atoms with Gasteiger partial charge in [-0.15, -0.1) is 11.3 Å². The Morgan fingerprint density at radius 1 is 1.35 bits per heavy atom. The molecule has 2 nitrogen and oxygen atoms in total. The van der Waals surface area contributed by atoms with E-state index in [2.05, 4.69) is 4.98 Å². The Hall–Kier alpha value is -1.26. The van der Waals surface area contributed by atoms with Gasteiger partial charge in [0.15, 0.2) is 0 Å². The predicted molar refractivity (Wildman–Crippen MR) is 65.5 cm³/mol. The first kappa shape index (κ1) is 10.9. The number of thiazole rings is 1. The van der Waals surface area contributed by atoms with Crippen LogP contribution in [0.3, 0.4) is 0 Å². The van der Waals surface area contributed by atoms with E-state index in [0.29, 0.717) is 12.0 Å². The molecule has 2 aromatic rings. The maximum atomic E-state index is 13.6. The van der Waals surface area contributed by atoms with Crippen LogP contribution in [0, 0.1) is 5.82 Å². The quantitative estimate of drug-likeness (QED) is 0.843. The first-order chi connectivity index (χ1) is 8.24. The van der Waals surface area contributed by atoms with E-state index >= 15 is 0 Å². The van der Waals surface area contributed by atoms with Gasteiger partial charge in [0.2, 0.25) is 0 Å². The molecule has 0 saturated heterocycles.